The SMILES string of the molecule is ClP(Cl)(Cl)(Cl)Cl.O=S(=O)(Cl)NC1CCCCC1. The second-order valence-corrected chi connectivity index (χ2v) is 22.5. The Morgan fingerprint density at radius 1 is 0.941 bits per heavy atom. The van der Waals surface area contributed by atoms with Crippen molar-refractivity contribution in [1.82, 2.24) is 4.72 Å². The van der Waals surface area contributed by atoms with Crippen LogP contribution in [0.4, 0.5) is 0 Å². The first-order chi connectivity index (χ1) is 7.31. The van der Waals surface area contributed by atoms with Crippen molar-refractivity contribution in [1.29, 1.82) is 0 Å². The summed E-state index contributed by atoms with van der Waals surface area (Å²) in [5, 5.41) is 0. The number of hydrogen-bond acceptors (Lipinski definition) is 2. The van der Waals surface area contributed by atoms with Crippen LogP contribution >= 0.6 is 70.3 Å². The Morgan fingerprint density at radius 3 is 1.59 bits per heavy atom. The Kier molecular flexibility index (Phi) is 8.07. The van der Waals surface area contributed by atoms with Crippen LogP contribution in [0.5, 0.6) is 0 Å². The van der Waals surface area contributed by atoms with Crippen LogP contribution in [-0.4, -0.2) is 14.5 Å². The summed E-state index contributed by atoms with van der Waals surface area (Å²) < 4.78 is 19.8. The zero-order valence-electron chi connectivity index (χ0n) is 8.55. The molecule has 0 aliphatic heterocycles. The summed E-state index contributed by atoms with van der Waals surface area (Å²) in [5.74, 6) is 0. The van der Waals surface area contributed by atoms with Crippen LogP contribution in [0.1, 0.15) is 32.1 Å². The first-order valence-corrected chi connectivity index (χ1v) is 13.7. The molecule has 0 aromatic carbocycles. The van der Waals surface area contributed by atoms with E-state index in [0.717, 1.165) is 25.7 Å². The Bertz CT molecular complexity index is 317. The Hall–Kier alpha value is 2.08. The molecule has 106 valence electrons. The molecule has 0 unspecified atom stereocenters. The predicted molar refractivity (Wildman–Crippen MR) is 81.0 cm³/mol. The van der Waals surface area contributed by atoms with Crippen LogP contribution in [0, 0.1) is 0 Å². The zero-order valence-corrected chi connectivity index (χ0v) is 14.8. The molecule has 0 radical (unpaired) electrons. The maximum atomic E-state index is 10.6. The molecule has 3 nitrogen and oxygen atoms in total. The van der Waals surface area contributed by atoms with Gasteiger partial charge in [-0.15, -0.1) is 0 Å². The number of hydrogen-bond donors (Lipinski definition) is 1. The predicted octanol–water partition coefficient (Wildman–Crippen LogP) is 5.70. The van der Waals surface area contributed by atoms with Crippen LogP contribution in [0.2, 0.25) is 0 Å². The first kappa shape index (κ1) is 19.1. The van der Waals surface area contributed by atoms with Gasteiger partial charge in [-0.2, -0.15) is 13.1 Å². The van der Waals surface area contributed by atoms with Gasteiger partial charge in [0.05, 0.1) is 0 Å². The number of rotatable bonds is 2. The summed E-state index contributed by atoms with van der Waals surface area (Å²) in [4.78, 5) is 0. The minimum atomic E-state index is -3.69. The molecule has 1 saturated carbocycles. The van der Waals surface area contributed by atoms with E-state index in [0.29, 0.717) is 0 Å². The second-order valence-electron chi connectivity index (χ2n) is 3.53. The van der Waals surface area contributed by atoms with E-state index in [9.17, 15) is 8.42 Å². The van der Waals surface area contributed by atoms with Gasteiger partial charge >= 0.3 is 59.6 Å². The molecule has 0 aromatic rings. The van der Waals surface area contributed by atoms with Crippen molar-refractivity contribution in [3.05, 3.63) is 0 Å². The van der Waals surface area contributed by atoms with E-state index in [1.54, 1.807) is 0 Å². The fourth-order valence-electron chi connectivity index (χ4n) is 1.42. The average Bonchev–Trinajstić information content (AvgIpc) is 1.97. The summed E-state index contributed by atoms with van der Waals surface area (Å²) >= 11 is 24.9. The van der Waals surface area contributed by atoms with Gasteiger partial charge in [0.25, 0.3) is 9.24 Å². The molecule has 1 N–H and O–H groups in total. The molecule has 1 rings (SSSR count). The molecule has 0 bridgehead atoms. The van der Waals surface area contributed by atoms with Crippen LogP contribution in [0.25, 0.3) is 0 Å². The molecule has 0 saturated heterocycles. The maximum Gasteiger partial charge on any atom is 0.297 e. The van der Waals surface area contributed by atoms with Crippen molar-refractivity contribution in [3.63, 3.8) is 0 Å². The van der Waals surface area contributed by atoms with Crippen LogP contribution in [-0.2, 0) is 9.24 Å². The first-order valence-electron chi connectivity index (χ1n) is 4.64. The molecular formula is C6H12Cl6NO2PS. The number of halogens is 6. The van der Waals surface area contributed by atoms with Crippen LogP contribution in [0.15, 0.2) is 0 Å². The third kappa shape index (κ3) is 20.6. The van der Waals surface area contributed by atoms with Crippen molar-refractivity contribution in [2.75, 3.05) is 0 Å². The fourth-order valence-corrected chi connectivity index (χ4v) is 2.43. The Labute approximate surface area is 130 Å². The average molecular weight is 406 g/mol. The third-order valence-corrected chi connectivity index (χ3v) is 2.79. The normalized spacial score (nSPS) is 20.9. The topological polar surface area (TPSA) is 46.2 Å². The van der Waals surface area contributed by atoms with E-state index in [4.69, 9.17) is 66.9 Å². The molecule has 11 heteroatoms. The van der Waals surface area contributed by atoms with Gasteiger partial charge in [0.1, 0.15) is 0 Å². The van der Waals surface area contributed by atoms with Gasteiger partial charge in [-0.05, 0) is 12.8 Å². The molecule has 1 fully saturated rings. The standard InChI is InChI=1S/C6H12ClNO2S.Cl5P/c7-11(9,10)8-6-4-2-1-3-5-6;1-6(2,3,4)5/h6,8H,1-5H2;. The smallest absolute Gasteiger partial charge is 0.199 e. The van der Waals surface area contributed by atoms with Crippen molar-refractivity contribution in [2.24, 2.45) is 0 Å². The second kappa shape index (κ2) is 7.19. The van der Waals surface area contributed by atoms with E-state index < -0.39 is 12.6 Å². The van der Waals surface area contributed by atoms with Gasteiger partial charge in [-0.3, -0.25) is 0 Å². The number of nitrogens with one attached hydrogen (secondary N) is 1. The van der Waals surface area contributed by atoms with Crippen LogP contribution < -0.4 is 4.72 Å². The van der Waals surface area contributed by atoms with Gasteiger partial charge < -0.3 is 0 Å². The minimum absolute atomic E-state index is 0.0752. The fraction of sp³-hybridized carbons (Fsp3) is 1.00. The maximum absolute atomic E-state index is 10.6. The van der Waals surface area contributed by atoms with Gasteiger partial charge in [-0.1, -0.05) is 19.3 Å². The molecule has 0 heterocycles. The monoisotopic (exact) mass is 403 g/mol. The molecule has 0 aromatic heterocycles. The summed E-state index contributed by atoms with van der Waals surface area (Å²) in [5.41, 5.74) is 0. The zero-order chi connectivity index (χ0) is 13.8. The van der Waals surface area contributed by atoms with E-state index in [-0.39, 0.29) is 6.04 Å². The van der Waals surface area contributed by atoms with E-state index in [1.807, 2.05) is 0 Å². The van der Waals surface area contributed by atoms with Crippen LogP contribution in [0.3, 0.4) is 0 Å². The van der Waals surface area contributed by atoms with E-state index in [2.05, 4.69) is 4.72 Å². The van der Waals surface area contributed by atoms with Gasteiger partial charge in [0, 0.05) is 16.7 Å². The van der Waals surface area contributed by atoms with E-state index >= 15 is 0 Å². The van der Waals surface area contributed by atoms with Crippen molar-refractivity contribution in [2.45, 2.75) is 38.1 Å². The Morgan fingerprint density at radius 2 is 1.29 bits per heavy atom. The molecule has 17 heavy (non-hydrogen) atoms. The molecule has 0 spiro atoms. The molecule has 1 aliphatic rings. The van der Waals surface area contributed by atoms with Crippen molar-refractivity contribution >= 4 is 79.5 Å². The third-order valence-electron chi connectivity index (χ3n) is 1.91. The minimum Gasteiger partial charge on any atom is -0.199 e. The van der Waals surface area contributed by atoms with Gasteiger partial charge in [0.2, 0.25) is 0 Å². The van der Waals surface area contributed by atoms with Crippen molar-refractivity contribution in [3.8, 4) is 0 Å². The molecule has 0 amide bonds. The molecular weight excluding hydrogens is 394 g/mol. The summed E-state index contributed by atoms with van der Waals surface area (Å²) in [6, 6.07) is 0.0752. The van der Waals surface area contributed by atoms with Gasteiger partial charge in [-0.25, -0.2) is 0 Å². The van der Waals surface area contributed by atoms with Crippen molar-refractivity contribution < 1.29 is 8.42 Å². The summed E-state index contributed by atoms with van der Waals surface area (Å²) in [7, 11) is 1.53. The molecule has 1 aliphatic carbocycles. The summed E-state index contributed by atoms with van der Waals surface area (Å²) in [6.45, 7) is 0. The van der Waals surface area contributed by atoms with Gasteiger partial charge in [0.15, 0.2) is 0 Å². The Balaban J connectivity index is 0.000000366. The molecule has 0 atom stereocenters. The summed E-state index contributed by atoms with van der Waals surface area (Å²) in [6.07, 6.45) is 5.26. The largest absolute Gasteiger partial charge is 0.297 e. The quantitative estimate of drug-likeness (QED) is 0.473. The van der Waals surface area contributed by atoms with E-state index in [1.165, 1.54) is 6.42 Å².